The maximum atomic E-state index is 13.1. The van der Waals surface area contributed by atoms with Crippen molar-refractivity contribution < 1.29 is 31.1 Å². The second-order valence-corrected chi connectivity index (χ2v) is 8.03. The lowest BCUT2D eigenvalue weighted by Crippen LogP contribution is -2.13. The Morgan fingerprint density at radius 1 is 0.971 bits per heavy atom. The van der Waals surface area contributed by atoms with Crippen molar-refractivity contribution in [3.63, 3.8) is 0 Å². The van der Waals surface area contributed by atoms with Gasteiger partial charge in [-0.2, -0.15) is 31.4 Å². The Kier molecular flexibility index (Phi) is 6.36. The Labute approximate surface area is 202 Å². The molecular weight excluding hydrogens is 523 g/mol. The molecule has 35 heavy (non-hydrogen) atoms. The quantitative estimate of drug-likeness (QED) is 0.241. The molecule has 4 aromatic rings. The zero-order chi connectivity index (χ0) is 25.5. The molecule has 0 aliphatic rings. The fraction of sp³-hybridized carbons (Fsp3) is 0.143. The summed E-state index contributed by atoms with van der Waals surface area (Å²) in [5, 5.41) is 13.8. The fourth-order valence-electron chi connectivity index (χ4n) is 3.28. The molecular formula is C21H11Cl2F6N5O. The summed E-state index contributed by atoms with van der Waals surface area (Å²) in [6.45, 7) is -0.602. The molecule has 6 nitrogen and oxygen atoms in total. The Balaban J connectivity index is 1.69. The minimum absolute atomic E-state index is 0.0105. The Morgan fingerprint density at radius 2 is 1.60 bits per heavy atom. The van der Waals surface area contributed by atoms with E-state index in [2.05, 4.69) is 20.5 Å². The van der Waals surface area contributed by atoms with E-state index in [1.165, 1.54) is 6.20 Å². The highest BCUT2D eigenvalue weighted by Gasteiger charge is 2.37. The molecule has 4 rings (SSSR count). The van der Waals surface area contributed by atoms with Crippen LogP contribution in [0.4, 0.5) is 26.3 Å². The summed E-state index contributed by atoms with van der Waals surface area (Å²) in [5.74, 6) is -0.732. The fourth-order valence-corrected chi connectivity index (χ4v) is 3.73. The van der Waals surface area contributed by atoms with Gasteiger partial charge in [0.25, 0.3) is 0 Å². The van der Waals surface area contributed by atoms with Crippen molar-refractivity contribution in [1.82, 2.24) is 25.2 Å². The molecule has 0 radical (unpaired) electrons. The summed E-state index contributed by atoms with van der Waals surface area (Å²) in [4.78, 5) is 13.1. The molecule has 0 saturated heterocycles. The molecule has 0 atom stereocenters. The first kappa shape index (κ1) is 24.7. The van der Waals surface area contributed by atoms with Gasteiger partial charge < -0.3 is 0 Å². The van der Waals surface area contributed by atoms with E-state index >= 15 is 0 Å². The number of rotatable bonds is 5. The lowest BCUT2D eigenvalue weighted by Gasteiger charge is -2.14. The minimum atomic E-state index is -5.01. The number of halogens is 8. The maximum absolute atomic E-state index is 13.1. The first-order valence-corrected chi connectivity index (χ1v) is 10.3. The normalized spacial score (nSPS) is 12.2. The van der Waals surface area contributed by atoms with Gasteiger partial charge in [-0.3, -0.25) is 9.89 Å². The Morgan fingerprint density at radius 3 is 2.20 bits per heavy atom. The van der Waals surface area contributed by atoms with Gasteiger partial charge in [0.2, 0.25) is 5.78 Å². The molecule has 182 valence electrons. The van der Waals surface area contributed by atoms with Crippen molar-refractivity contribution in [2.75, 3.05) is 0 Å². The van der Waals surface area contributed by atoms with Crippen LogP contribution in [0.2, 0.25) is 10.2 Å². The summed E-state index contributed by atoms with van der Waals surface area (Å²) in [7, 11) is 0. The van der Waals surface area contributed by atoms with Gasteiger partial charge in [0, 0.05) is 10.6 Å². The third kappa shape index (κ3) is 5.03. The summed E-state index contributed by atoms with van der Waals surface area (Å²) in [5.41, 5.74) is -2.98. The van der Waals surface area contributed by atoms with Crippen LogP contribution in [-0.4, -0.2) is 31.0 Å². The summed E-state index contributed by atoms with van der Waals surface area (Å²) >= 11 is 12.4. The predicted octanol–water partition coefficient (Wildman–Crippen LogP) is 6.29. The van der Waals surface area contributed by atoms with Crippen LogP contribution in [0.1, 0.15) is 32.7 Å². The SMILES string of the molecule is O=C(c1cn[nH]c1-c1ccccc1Cl)c1nnn(Cc2cc(C(F)(F)F)cc(C(F)(F)F)c2)c1Cl. The zero-order valence-electron chi connectivity index (χ0n) is 17.0. The number of hydrogen-bond donors (Lipinski definition) is 1. The van der Waals surface area contributed by atoms with Gasteiger partial charge in [-0.05, 0) is 29.8 Å². The highest BCUT2D eigenvalue weighted by atomic mass is 35.5. The van der Waals surface area contributed by atoms with Gasteiger partial charge >= 0.3 is 12.4 Å². The zero-order valence-corrected chi connectivity index (χ0v) is 18.6. The van der Waals surface area contributed by atoms with Crippen LogP contribution in [-0.2, 0) is 18.9 Å². The predicted molar refractivity (Wildman–Crippen MR) is 113 cm³/mol. The van der Waals surface area contributed by atoms with E-state index in [9.17, 15) is 31.1 Å². The second kappa shape index (κ2) is 9.00. The first-order valence-electron chi connectivity index (χ1n) is 9.56. The van der Waals surface area contributed by atoms with Gasteiger partial charge in [0.15, 0.2) is 10.8 Å². The molecule has 0 bridgehead atoms. The summed E-state index contributed by atoms with van der Waals surface area (Å²) in [6, 6.07) is 7.70. The van der Waals surface area contributed by atoms with Crippen LogP contribution >= 0.6 is 23.2 Å². The van der Waals surface area contributed by atoms with Crippen molar-refractivity contribution in [3.8, 4) is 11.3 Å². The van der Waals surface area contributed by atoms with Crippen LogP contribution < -0.4 is 0 Å². The number of ketones is 1. The molecule has 0 fully saturated rings. The summed E-state index contributed by atoms with van der Waals surface area (Å²) < 4.78 is 79.6. The number of aromatic nitrogens is 5. The lowest BCUT2D eigenvalue weighted by atomic mass is 10.0. The third-order valence-corrected chi connectivity index (χ3v) is 5.60. The number of benzene rings is 2. The molecule has 14 heteroatoms. The summed E-state index contributed by atoms with van der Waals surface area (Å²) in [6.07, 6.45) is -8.82. The molecule has 0 unspecified atom stereocenters. The number of carbonyl (C=O) groups excluding carboxylic acids is 1. The van der Waals surface area contributed by atoms with Gasteiger partial charge in [-0.1, -0.05) is 46.6 Å². The van der Waals surface area contributed by atoms with E-state index in [-0.39, 0.29) is 28.2 Å². The molecule has 0 amide bonds. The number of nitrogens with one attached hydrogen (secondary N) is 1. The van der Waals surface area contributed by atoms with E-state index in [4.69, 9.17) is 23.2 Å². The maximum Gasteiger partial charge on any atom is 0.416 e. The van der Waals surface area contributed by atoms with Gasteiger partial charge in [0.05, 0.1) is 35.1 Å². The van der Waals surface area contributed by atoms with Gasteiger partial charge in [0.1, 0.15) is 0 Å². The molecule has 0 aliphatic carbocycles. The van der Waals surface area contributed by atoms with Crippen molar-refractivity contribution in [2.24, 2.45) is 0 Å². The van der Waals surface area contributed by atoms with Crippen molar-refractivity contribution in [1.29, 1.82) is 0 Å². The minimum Gasteiger partial charge on any atom is -0.287 e. The lowest BCUT2D eigenvalue weighted by molar-refractivity contribution is -0.143. The van der Waals surface area contributed by atoms with E-state index in [1.807, 2.05) is 0 Å². The van der Waals surface area contributed by atoms with Gasteiger partial charge in [-0.15, -0.1) is 5.10 Å². The number of H-pyrrole nitrogens is 1. The van der Waals surface area contributed by atoms with E-state index < -0.39 is 41.4 Å². The topological polar surface area (TPSA) is 76.5 Å². The van der Waals surface area contributed by atoms with Crippen molar-refractivity contribution in [2.45, 2.75) is 18.9 Å². The second-order valence-electron chi connectivity index (χ2n) is 7.27. The molecule has 0 aliphatic heterocycles. The van der Waals surface area contributed by atoms with Crippen LogP contribution in [0.5, 0.6) is 0 Å². The van der Waals surface area contributed by atoms with E-state index in [1.54, 1.807) is 24.3 Å². The standard InChI is InChI=1S/C21H11Cl2F6N5O/c22-15-4-2-1-3-13(15)16-14(8-30-31-16)18(35)17-19(23)34(33-32-17)9-10-5-11(20(24,25)26)7-12(6-10)21(27,28)29/h1-8H,9H2,(H,30,31). The molecule has 0 spiro atoms. The number of alkyl halides is 6. The van der Waals surface area contributed by atoms with Crippen molar-refractivity contribution in [3.05, 3.63) is 86.8 Å². The highest BCUT2D eigenvalue weighted by molar-refractivity contribution is 6.35. The molecule has 2 aromatic heterocycles. The van der Waals surface area contributed by atoms with Crippen LogP contribution in [0.15, 0.2) is 48.7 Å². The third-order valence-electron chi connectivity index (χ3n) is 4.90. The molecule has 0 saturated carbocycles. The van der Waals surface area contributed by atoms with Crippen LogP contribution in [0, 0.1) is 0 Å². The average Bonchev–Trinajstić information content (AvgIpc) is 3.40. The Hall–Kier alpha value is -3.38. The van der Waals surface area contributed by atoms with E-state index in [0.29, 0.717) is 22.7 Å². The monoisotopic (exact) mass is 533 g/mol. The van der Waals surface area contributed by atoms with E-state index in [0.717, 1.165) is 4.68 Å². The van der Waals surface area contributed by atoms with Crippen LogP contribution in [0.25, 0.3) is 11.3 Å². The molecule has 2 heterocycles. The first-order chi connectivity index (χ1) is 16.4. The number of aromatic amines is 1. The number of nitrogens with zero attached hydrogens (tertiary/aromatic N) is 4. The van der Waals surface area contributed by atoms with Crippen molar-refractivity contribution >= 4 is 29.0 Å². The molecule has 2 aromatic carbocycles. The Bertz CT molecular complexity index is 1380. The largest absolute Gasteiger partial charge is 0.416 e. The highest BCUT2D eigenvalue weighted by Crippen LogP contribution is 2.37. The number of carbonyl (C=O) groups is 1. The smallest absolute Gasteiger partial charge is 0.287 e. The average molecular weight is 534 g/mol. The number of hydrogen-bond acceptors (Lipinski definition) is 4. The van der Waals surface area contributed by atoms with Gasteiger partial charge in [-0.25, -0.2) is 4.68 Å². The molecule has 1 N–H and O–H groups in total. The van der Waals surface area contributed by atoms with Crippen LogP contribution in [0.3, 0.4) is 0 Å².